The van der Waals surface area contributed by atoms with E-state index in [9.17, 15) is 0 Å². The zero-order valence-corrected chi connectivity index (χ0v) is 11.7. The van der Waals surface area contributed by atoms with Crippen LogP contribution in [0.1, 0.15) is 31.4 Å². The summed E-state index contributed by atoms with van der Waals surface area (Å²) in [5.41, 5.74) is 0.996. The highest BCUT2D eigenvalue weighted by Gasteiger charge is 2.39. The van der Waals surface area contributed by atoms with Crippen LogP contribution < -0.4 is 0 Å². The molecule has 3 nitrogen and oxygen atoms in total. The summed E-state index contributed by atoms with van der Waals surface area (Å²) < 4.78 is 1.73. The van der Waals surface area contributed by atoms with Crippen LogP contribution in [0, 0.1) is 11.3 Å². The second kappa shape index (κ2) is 5.57. The summed E-state index contributed by atoms with van der Waals surface area (Å²) in [6.07, 6.45) is 7.92. The Morgan fingerprint density at radius 1 is 1.35 bits per heavy atom. The minimum atomic E-state index is -0.00432. The largest absolute Gasteiger partial charge is 0.255 e. The van der Waals surface area contributed by atoms with Crippen molar-refractivity contribution in [1.29, 1.82) is 0 Å². The second-order valence-electron chi connectivity index (χ2n) is 5.17. The van der Waals surface area contributed by atoms with Gasteiger partial charge in [-0.25, -0.2) is 0 Å². The number of nitrogens with zero attached hydrogens (tertiary/aromatic N) is 3. The van der Waals surface area contributed by atoms with Crippen LogP contribution in [0.3, 0.4) is 0 Å². The van der Waals surface area contributed by atoms with Gasteiger partial charge < -0.3 is 0 Å². The van der Waals surface area contributed by atoms with Gasteiger partial charge in [0.25, 0.3) is 0 Å². The van der Waals surface area contributed by atoms with Gasteiger partial charge in [0.1, 0.15) is 0 Å². The number of aryl methyl sites for hydroxylation is 1. The van der Waals surface area contributed by atoms with Crippen LogP contribution in [-0.4, -0.2) is 26.8 Å². The molecule has 96 valence electrons. The Kier molecular flexibility index (Phi) is 4.31. The molecule has 0 unspecified atom stereocenters. The molecule has 0 aliphatic heterocycles. The van der Waals surface area contributed by atoms with E-state index in [1.54, 1.807) is 4.68 Å². The Balaban J connectivity index is 2.15. The highest BCUT2D eigenvalue weighted by molar-refractivity contribution is 6.21. The van der Waals surface area contributed by atoms with Crippen molar-refractivity contribution in [3.63, 3.8) is 0 Å². The highest BCUT2D eigenvalue weighted by atomic mass is 35.5. The summed E-state index contributed by atoms with van der Waals surface area (Å²) in [5.74, 6) is 1.86. The first-order valence-electron chi connectivity index (χ1n) is 6.17. The molecule has 0 spiro atoms. The number of alkyl halides is 2. The molecule has 0 atom stereocenters. The third kappa shape index (κ3) is 2.76. The van der Waals surface area contributed by atoms with E-state index >= 15 is 0 Å². The molecule has 0 N–H and O–H groups in total. The molecule has 1 aromatic rings. The van der Waals surface area contributed by atoms with Gasteiger partial charge in [-0.05, 0) is 18.8 Å². The van der Waals surface area contributed by atoms with Crippen molar-refractivity contribution in [1.82, 2.24) is 15.0 Å². The van der Waals surface area contributed by atoms with Gasteiger partial charge in [0, 0.05) is 36.8 Å². The minimum absolute atomic E-state index is 0.00432. The Morgan fingerprint density at radius 3 is 2.47 bits per heavy atom. The van der Waals surface area contributed by atoms with Crippen LogP contribution in [0.5, 0.6) is 0 Å². The van der Waals surface area contributed by atoms with Crippen LogP contribution in [0.15, 0.2) is 6.20 Å². The smallest absolute Gasteiger partial charge is 0.0833 e. The predicted octanol–water partition coefficient (Wildman–Crippen LogP) is 3.01. The molecule has 5 heteroatoms. The van der Waals surface area contributed by atoms with Crippen molar-refractivity contribution in [3.05, 3.63) is 11.9 Å². The van der Waals surface area contributed by atoms with E-state index < -0.39 is 0 Å². The maximum Gasteiger partial charge on any atom is 0.0833 e. The van der Waals surface area contributed by atoms with Crippen LogP contribution in [0.4, 0.5) is 0 Å². The van der Waals surface area contributed by atoms with Gasteiger partial charge in [-0.1, -0.05) is 18.1 Å². The average Bonchev–Trinajstić information content (AvgIpc) is 2.98. The number of halogens is 2. The van der Waals surface area contributed by atoms with E-state index in [0.29, 0.717) is 17.7 Å². The quantitative estimate of drug-likeness (QED) is 0.774. The van der Waals surface area contributed by atoms with E-state index in [1.165, 1.54) is 25.7 Å². The van der Waals surface area contributed by atoms with E-state index in [0.717, 1.165) is 12.1 Å². The molecule has 0 aromatic carbocycles. The number of rotatable bonds is 5. The number of hydrogen-bond donors (Lipinski definition) is 0. The first-order valence-corrected chi connectivity index (χ1v) is 7.24. The first-order chi connectivity index (χ1) is 8.20. The fraction of sp³-hybridized carbons (Fsp3) is 0.833. The number of hydrogen-bond acceptors (Lipinski definition) is 2. The van der Waals surface area contributed by atoms with Crippen molar-refractivity contribution in [2.75, 3.05) is 11.8 Å². The van der Waals surface area contributed by atoms with Crippen LogP contribution in [0.2, 0.25) is 0 Å². The van der Waals surface area contributed by atoms with Crippen LogP contribution in [0.25, 0.3) is 0 Å². The third-order valence-corrected chi connectivity index (χ3v) is 5.00. The van der Waals surface area contributed by atoms with Crippen molar-refractivity contribution in [2.24, 2.45) is 18.4 Å². The predicted molar refractivity (Wildman–Crippen MR) is 70.5 cm³/mol. The lowest BCUT2D eigenvalue weighted by molar-refractivity contribution is 0.223. The van der Waals surface area contributed by atoms with Gasteiger partial charge >= 0.3 is 0 Å². The molecule has 0 radical (unpaired) electrons. The molecule has 1 heterocycles. The Labute approximate surface area is 112 Å². The molecule has 1 fully saturated rings. The maximum absolute atomic E-state index is 6.22. The molecule has 0 bridgehead atoms. The molecular formula is C12H19Cl2N3. The molecule has 1 aliphatic rings. The van der Waals surface area contributed by atoms with Gasteiger partial charge in [-0.2, -0.15) is 0 Å². The standard InChI is InChI=1S/C12H19Cl2N3/c1-17-7-11(15-16-17)6-12(8-13,9-14)10-4-2-3-5-10/h7,10H,2-6,8-9H2,1H3. The highest BCUT2D eigenvalue weighted by Crippen LogP contribution is 2.43. The zero-order chi connectivity index (χ0) is 12.3. The van der Waals surface area contributed by atoms with Gasteiger partial charge in [-0.3, -0.25) is 4.68 Å². The Bertz CT molecular complexity index is 354. The fourth-order valence-corrected chi connectivity index (χ4v) is 3.78. The molecule has 17 heavy (non-hydrogen) atoms. The summed E-state index contributed by atoms with van der Waals surface area (Å²) in [5, 5.41) is 8.14. The van der Waals surface area contributed by atoms with Crippen molar-refractivity contribution >= 4 is 23.2 Å². The minimum Gasteiger partial charge on any atom is -0.255 e. The summed E-state index contributed by atoms with van der Waals surface area (Å²) in [6.45, 7) is 0. The van der Waals surface area contributed by atoms with E-state index in [2.05, 4.69) is 10.3 Å². The van der Waals surface area contributed by atoms with Gasteiger partial charge in [0.15, 0.2) is 0 Å². The first kappa shape index (κ1) is 13.2. The number of aromatic nitrogens is 3. The van der Waals surface area contributed by atoms with E-state index in [-0.39, 0.29) is 5.41 Å². The molecule has 1 aliphatic carbocycles. The zero-order valence-electron chi connectivity index (χ0n) is 10.2. The monoisotopic (exact) mass is 275 g/mol. The second-order valence-corrected chi connectivity index (χ2v) is 5.71. The lowest BCUT2D eigenvalue weighted by Crippen LogP contribution is -2.35. The summed E-state index contributed by atoms with van der Waals surface area (Å²) in [7, 11) is 1.88. The maximum atomic E-state index is 6.22. The van der Waals surface area contributed by atoms with E-state index in [1.807, 2.05) is 13.2 Å². The van der Waals surface area contributed by atoms with Gasteiger partial charge in [0.2, 0.25) is 0 Å². The molecule has 1 saturated carbocycles. The molecule has 1 aromatic heterocycles. The Hall–Kier alpha value is -0.280. The van der Waals surface area contributed by atoms with Crippen LogP contribution in [-0.2, 0) is 13.5 Å². The molecule has 0 saturated heterocycles. The molecule has 0 amide bonds. The summed E-state index contributed by atoms with van der Waals surface area (Å²) >= 11 is 12.4. The summed E-state index contributed by atoms with van der Waals surface area (Å²) in [4.78, 5) is 0. The third-order valence-electron chi connectivity index (χ3n) is 3.94. The lowest BCUT2D eigenvalue weighted by Gasteiger charge is -2.35. The lowest BCUT2D eigenvalue weighted by atomic mass is 9.74. The molecular weight excluding hydrogens is 257 g/mol. The van der Waals surface area contributed by atoms with Gasteiger partial charge in [0.05, 0.1) is 5.69 Å². The Morgan fingerprint density at radius 2 is 2.00 bits per heavy atom. The van der Waals surface area contributed by atoms with Crippen molar-refractivity contribution in [2.45, 2.75) is 32.1 Å². The van der Waals surface area contributed by atoms with Crippen LogP contribution >= 0.6 is 23.2 Å². The van der Waals surface area contributed by atoms with Gasteiger partial charge in [-0.15, -0.1) is 28.3 Å². The van der Waals surface area contributed by atoms with Crippen molar-refractivity contribution in [3.8, 4) is 0 Å². The molecule has 2 rings (SSSR count). The SMILES string of the molecule is Cn1cc(CC(CCl)(CCl)C2CCCC2)nn1. The average molecular weight is 276 g/mol. The summed E-state index contributed by atoms with van der Waals surface area (Å²) in [6, 6.07) is 0. The normalized spacial score (nSPS) is 17.8. The van der Waals surface area contributed by atoms with Crippen molar-refractivity contribution < 1.29 is 0 Å². The topological polar surface area (TPSA) is 30.7 Å². The van der Waals surface area contributed by atoms with E-state index in [4.69, 9.17) is 23.2 Å². The fourth-order valence-electron chi connectivity index (χ4n) is 2.87.